The van der Waals surface area contributed by atoms with E-state index in [2.05, 4.69) is 4.99 Å². The number of ether oxygens (including phenoxy) is 1. The Kier molecular flexibility index (Phi) is 6.07. The topological polar surface area (TPSA) is 86.7 Å². The van der Waals surface area contributed by atoms with Crippen LogP contribution in [0.2, 0.25) is 0 Å². The first-order chi connectivity index (χ1) is 13.5. The lowest BCUT2D eigenvalue weighted by Gasteiger charge is -2.03. The predicted molar refractivity (Wildman–Crippen MR) is 104 cm³/mol. The Labute approximate surface area is 163 Å². The molecule has 0 bridgehead atoms. The van der Waals surface area contributed by atoms with Crippen molar-refractivity contribution in [1.29, 1.82) is 0 Å². The van der Waals surface area contributed by atoms with Crippen LogP contribution < -0.4 is 4.80 Å². The van der Waals surface area contributed by atoms with Crippen LogP contribution in [-0.4, -0.2) is 29.1 Å². The van der Waals surface area contributed by atoms with E-state index in [-0.39, 0.29) is 11.5 Å². The molecule has 0 fully saturated rings. The molecule has 1 amide bonds. The van der Waals surface area contributed by atoms with Crippen LogP contribution in [0.15, 0.2) is 53.5 Å². The molecular formula is C19H16FN3O4S. The normalized spacial score (nSPS) is 12.1. The van der Waals surface area contributed by atoms with E-state index in [0.29, 0.717) is 28.2 Å². The van der Waals surface area contributed by atoms with Gasteiger partial charge >= 0.3 is 0 Å². The summed E-state index contributed by atoms with van der Waals surface area (Å²) < 4.78 is 21.1. The molecule has 28 heavy (non-hydrogen) atoms. The van der Waals surface area contributed by atoms with Crippen molar-refractivity contribution in [3.8, 4) is 0 Å². The van der Waals surface area contributed by atoms with E-state index in [1.807, 2.05) is 0 Å². The van der Waals surface area contributed by atoms with Gasteiger partial charge in [0.15, 0.2) is 4.80 Å². The monoisotopic (exact) mass is 401 g/mol. The maximum atomic E-state index is 13.5. The van der Waals surface area contributed by atoms with Gasteiger partial charge in [-0.15, -0.1) is 0 Å². The van der Waals surface area contributed by atoms with Gasteiger partial charge in [0.05, 0.1) is 21.7 Å². The number of nitrogens with zero attached hydrogens (tertiary/aromatic N) is 3. The number of fused-ring (bicyclic) bond motifs is 1. The van der Waals surface area contributed by atoms with E-state index in [0.717, 1.165) is 5.52 Å². The number of hydrogen-bond donors (Lipinski definition) is 0. The summed E-state index contributed by atoms with van der Waals surface area (Å²) in [5.41, 5.74) is 1.22. The second-order valence-corrected chi connectivity index (χ2v) is 6.79. The smallest absolute Gasteiger partial charge is 0.272 e. The minimum Gasteiger partial charge on any atom is -0.383 e. The number of amides is 1. The Balaban J connectivity index is 1.93. The minimum absolute atomic E-state index is 0.0597. The number of aromatic nitrogens is 1. The van der Waals surface area contributed by atoms with Gasteiger partial charge in [0.25, 0.3) is 11.6 Å². The summed E-state index contributed by atoms with van der Waals surface area (Å²) in [6, 6.07) is 10.3. The molecule has 3 rings (SSSR count). The average molecular weight is 401 g/mol. The van der Waals surface area contributed by atoms with Crippen molar-refractivity contribution in [2.45, 2.75) is 6.54 Å². The predicted octanol–water partition coefficient (Wildman–Crippen LogP) is 3.54. The molecule has 2 aromatic carbocycles. The second-order valence-electron chi connectivity index (χ2n) is 5.78. The van der Waals surface area contributed by atoms with E-state index < -0.39 is 10.8 Å². The maximum absolute atomic E-state index is 13.5. The minimum atomic E-state index is -0.523. The molecule has 144 valence electrons. The molecule has 0 atom stereocenters. The van der Waals surface area contributed by atoms with Crippen molar-refractivity contribution in [2.24, 2.45) is 4.99 Å². The van der Waals surface area contributed by atoms with E-state index in [1.165, 1.54) is 47.8 Å². The fraction of sp³-hybridized carbons (Fsp3) is 0.158. The SMILES string of the molecule is COCCn1c(=NC(=O)C=Cc2cccc([N+](=O)[O-])c2)sc2cc(F)ccc21. The molecule has 0 radical (unpaired) electrons. The van der Waals surface area contributed by atoms with E-state index in [9.17, 15) is 19.3 Å². The summed E-state index contributed by atoms with van der Waals surface area (Å²) in [6.07, 6.45) is 2.70. The largest absolute Gasteiger partial charge is 0.383 e. The molecule has 3 aromatic rings. The van der Waals surface area contributed by atoms with Crippen molar-refractivity contribution in [3.63, 3.8) is 0 Å². The molecule has 0 N–H and O–H groups in total. The summed E-state index contributed by atoms with van der Waals surface area (Å²) in [5.74, 6) is -0.888. The van der Waals surface area contributed by atoms with Gasteiger partial charge in [-0.2, -0.15) is 4.99 Å². The molecular weight excluding hydrogens is 385 g/mol. The number of thiazole rings is 1. The van der Waals surface area contributed by atoms with Gasteiger partial charge in [-0.3, -0.25) is 14.9 Å². The highest BCUT2D eigenvalue weighted by Gasteiger charge is 2.08. The maximum Gasteiger partial charge on any atom is 0.272 e. The summed E-state index contributed by atoms with van der Waals surface area (Å²) in [4.78, 5) is 27.1. The molecule has 7 nitrogen and oxygen atoms in total. The third-order valence-corrected chi connectivity index (χ3v) is 4.91. The highest BCUT2D eigenvalue weighted by atomic mass is 32.1. The number of nitro benzene ring substituents is 1. The highest BCUT2D eigenvalue weighted by molar-refractivity contribution is 7.16. The summed E-state index contributed by atoms with van der Waals surface area (Å²) in [6.45, 7) is 0.872. The van der Waals surface area contributed by atoms with Crippen molar-refractivity contribution in [2.75, 3.05) is 13.7 Å². The van der Waals surface area contributed by atoms with Gasteiger partial charge in [0.2, 0.25) is 0 Å². The zero-order valence-corrected chi connectivity index (χ0v) is 15.7. The molecule has 1 heterocycles. The van der Waals surface area contributed by atoms with Crippen LogP contribution >= 0.6 is 11.3 Å². The lowest BCUT2D eigenvalue weighted by atomic mass is 10.2. The first-order valence-corrected chi connectivity index (χ1v) is 9.08. The van der Waals surface area contributed by atoms with Crippen molar-refractivity contribution >= 4 is 39.2 Å². The highest BCUT2D eigenvalue weighted by Crippen LogP contribution is 2.19. The standard InChI is InChI=1S/C19H16FN3O4S/c1-27-10-9-22-16-7-6-14(20)12-17(16)28-19(22)21-18(24)8-5-13-3-2-4-15(11-13)23(25)26/h2-8,11-12H,9-10H2,1H3. The number of methoxy groups -OCH3 is 1. The Morgan fingerprint density at radius 1 is 1.36 bits per heavy atom. The summed E-state index contributed by atoms with van der Waals surface area (Å²) in [7, 11) is 1.57. The lowest BCUT2D eigenvalue weighted by Crippen LogP contribution is -2.18. The van der Waals surface area contributed by atoms with Crippen LogP contribution in [-0.2, 0) is 16.1 Å². The zero-order chi connectivity index (χ0) is 20.1. The Hall–Kier alpha value is -3.17. The molecule has 0 saturated heterocycles. The summed E-state index contributed by atoms with van der Waals surface area (Å²) >= 11 is 1.20. The number of benzene rings is 2. The Morgan fingerprint density at radius 3 is 2.93 bits per heavy atom. The number of rotatable bonds is 6. The quantitative estimate of drug-likeness (QED) is 0.359. The van der Waals surface area contributed by atoms with Gasteiger partial charge in [0, 0.05) is 31.9 Å². The molecule has 0 unspecified atom stereocenters. The van der Waals surface area contributed by atoms with Gasteiger partial charge in [-0.05, 0) is 29.8 Å². The van der Waals surface area contributed by atoms with Crippen LogP contribution in [0.4, 0.5) is 10.1 Å². The molecule has 9 heteroatoms. The Morgan fingerprint density at radius 2 is 2.18 bits per heavy atom. The number of hydrogen-bond acceptors (Lipinski definition) is 5. The first kappa shape index (κ1) is 19.6. The molecule has 0 aliphatic rings. The zero-order valence-electron chi connectivity index (χ0n) is 14.9. The van der Waals surface area contributed by atoms with Gasteiger partial charge < -0.3 is 9.30 Å². The van der Waals surface area contributed by atoms with E-state index in [4.69, 9.17) is 4.74 Å². The first-order valence-electron chi connectivity index (χ1n) is 8.27. The number of halogens is 1. The number of nitro groups is 1. The fourth-order valence-electron chi connectivity index (χ4n) is 2.57. The van der Waals surface area contributed by atoms with Crippen LogP contribution in [0.1, 0.15) is 5.56 Å². The van der Waals surface area contributed by atoms with Crippen molar-refractivity contribution in [3.05, 3.63) is 74.8 Å². The van der Waals surface area contributed by atoms with Crippen LogP contribution in [0.3, 0.4) is 0 Å². The van der Waals surface area contributed by atoms with Crippen molar-refractivity contribution < 1.29 is 18.8 Å². The fourth-order valence-corrected chi connectivity index (χ4v) is 3.66. The van der Waals surface area contributed by atoms with Crippen LogP contribution in [0, 0.1) is 15.9 Å². The van der Waals surface area contributed by atoms with Gasteiger partial charge in [-0.25, -0.2) is 4.39 Å². The van der Waals surface area contributed by atoms with Crippen LogP contribution in [0.25, 0.3) is 16.3 Å². The summed E-state index contributed by atoms with van der Waals surface area (Å²) in [5, 5.41) is 10.8. The van der Waals surface area contributed by atoms with E-state index in [1.54, 1.807) is 29.9 Å². The lowest BCUT2D eigenvalue weighted by molar-refractivity contribution is -0.384. The number of carbonyl (C=O) groups excluding carboxylic acids is 1. The number of non-ortho nitro benzene ring substituents is 1. The number of carbonyl (C=O) groups is 1. The Bertz CT molecular complexity index is 1130. The van der Waals surface area contributed by atoms with Gasteiger partial charge in [0.1, 0.15) is 5.82 Å². The van der Waals surface area contributed by atoms with Crippen molar-refractivity contribution in [1.82, 2.24) is 4.57 Å². The van der Waals surface area contributed by atoms with Crippen LogP contribution in [0.5, 0.6) is 0 Å². The average Bonchev–Trinajstić information content (AvgIpc) is 3.00. The molecule has 0 saturated carbocycles. The third kappa shape index (κ3) is 4.56. The second kappa shape index (κ2) is 8.68. The molecule has 1 aromatic heterocycles. The third-order valence-electron chi connectivity index (χ3n) is 3.87. The molecule has 0 spiro atoms. The van der Waals surface area contributed by atoms with Gasteiger partial charge in [-0.1, -0.05) is 23.5 Å². The van der Waals surface area contributed by atoms with E-state index >= 15 is 0 Å². The molecule has 0 aliphatic heterocycles. The molecule has 0 aliphatic carbocycles.